The van der Waals surface area contributed by atoms with Crippen LogP contribution in [-0.2, 0) is 19.1 Å². The van der Waals surface area contributed by atoms with Crippen molar-refractivity contribution in [2.75, 3.05) is 6.61 Å². The summed E-state index contributed by atoms with van der Waals surface area (Å²) in [6, 6.07) is 0. The highest BCUT2D eigenvalue weighted by molar-refractivity contribution is 7.87. The second-order valence-corrected chi connectivity index (χ2v) is 14.0. The summed E-state index contributed by atoms with van der Waals surface area (Å²) in [6.45, 7) is 10.3. The molecule has 1 aliphatic carbocycles. The average Bonchev–Trinajstić information content (AvgIpc) is 2.80. The fourth-order valence-corrected chi connectivity index (χ4v) is 6.64. The Hall–Kier alpha value is -0.680. The Kier molecular flexibility index (Phi) is 17.2. The van der Waals surface area contributed by atoms with E-state index in [-0.39, 0.29) is 30.1 Å². The summed E-state index contributed by atoms with van der Waals surface area (Å²) in [5.41, 5.74) is 0.961. The van der Waals surface area contributed by atoms with Crippen molar-refractivity contribution in [1.82, 2.24) is 0 Å². The molecule has 1 rings (SSSR count). The molecule has 0 amide bonds. The number of hydrogen-bond donors (Lipinski definition) is 0. The van der Waals surface area contributed by atoms with Gasteiger partial charge in [-0.3, -0.25) is 8.98 Å². The molecule has 2 unspecified atom stereocenters. The molecule has 0 aromatic heterocycles. The molecule has 0 saturated heterocycles. The monoisotopic (exact) mass is 526 g/mol. The summed E-state index contributed by atoms with van der Waals surface area (Å²) in [4.78, 5) is 13.0. The molecule has 0 aromatic carbocycles. The zero-order valence-electron chi connectivity index (χ0n) is 24.4. The van der Waals surface area contributed by atoms with Crippen LogP contribution in [0.15, 0.2) is 11.6 Å². The molecule has 4 nitrogen and oxygen atoms in total. The largest absolute Gasteiger partial charge is 0.299 e. The van der Waals surface area contributed by atoms with E-state index in [1.54, 1.807) is 6.92 Å². The quantitative estimate of drug-likeness (QED) is 0.0801. The first-order valence-corrected chi connectivity index (χ1v) is 16.7. The van der Waals surface area contributed by atoms with Crippen molar-refractivity contribution in [3.63, 3.8) is 0 Å². The lowest BCUT2D eigenvalue weighted by molar-refractivity contribution is -0.125. The Morgan fingerprint density at radius 2 is 1.33 bits per heavy atom. The molecule has 0 aromatic rings. The minimum Gasteiger partial charge on any atom is -0.299 e. The van der Waals surface area contributed by atoms with E-state index in [2.05, 4.69) is 26.8 Å². The van der Waals surface area contributed by atoms with E-state index in [1.807, 2.05) is 6.92 Å². The molecule has 0 aliphatic heterocycles. The number of rotatable bonds is 22. The standard InChI is InChI=1S/C31H58O4S/c1-6-7-8-9-10-11-12-13-14-15-16-17-18-19-20-21-25-35-36(33,34)28(3)26-29(32)30-27(2)23-22-24-31(30,4)5/h23,28,30H,6-22,24-26H2,1-5H3. The van der Waals surface area contributed by atoms with Crippen molar-refractivity contribution < 1.29 is 17.4 Å². The lowest BCUT2D eigenvalue weighted by atomic mass is 9.66. The highest BCUT2D eigenvalue weighted by atomic mass is 32.2. The van der Waals surface area contributed by atoms with E-state index in [4.69, 9.17) is 4.18 Å². The Labute approximate surface area is 224 Å². The number of hydrogen-bond acceptors (Lipinski definition) is 4. The molecule has 2 atom stereocenters. The zero-order valence-corrected chi connectivity index (χ0v) is 25.2. The molecule has 0 spiro atoms. The van der Waals surface area contributed by atoms with Crippen LogP contribution in [0.3, 0.4) is 0 Å². The summed E-state index contributed by atoms with van der Waals surface area (Å²) in [6.07, 6.45) is 24.7. The van der Waals surface area contributed by atoms with Gasteiger partial charge in [0.15, 0.2) is 0 Å². The van der Waals surface area contributed by atoms with Crippen molar-refractivity contribution >= 4 is 15.9 Å². The van der Waals surface area contributed by atoms with Gasteiger partial charge < -0.3 is 0 Å². The van der Waals surface area contributed by atoms with Crippen LogP contribution in [0.4, 0.5) is 0 Å². The number of unbranched alkanes of at least 4 members (excludes halogenated alkanes) is 15. The van der Waals surface area contributed by atoms with Crippen LogP contribution < -0.4 is 0 Å². The number of Topliss-reactive ketones (excluding diaryl/α,β-unsaturated/α-hetero) is 1. The molecule has 0 fully saturated rings. The minimum absolute atomic E-state index is 0.0236. The Bertz CT molecular complexity index is 723. The lowest BCUT2D eigenvalue weighted by Gasteiger charge is -2.37. The van der Waals surface area contributed by atoms with Crippen molar-refractivity contribution in [2.24, 2.45) is 11.3 Å². The minimum atomic E-state index is -3.71. The van der Waals surface area contributed by atoms with E-state index in [0.717, 1.165) is 37.7 Å². The smallest absolute Gasteiger partial charge is 0.270 e. The molecule has 36 heavy (non-hydrogen) atoms. The Balaban J connectivity index is 2.06. The predicted molar refractivity (Wildman–Crippen MR) is 154 cm³/mol. The van der Waals surface area contributed by atoms with Gasteiger partial charge in [0.25, 0.3) is 10.1 Å². The fourth-order valence-electron chi connectivity index (χ4n) is 5.68. The van der Waals surface area contributed by atoms with Gasteiger partial charge in [0.05, 0.1) is 11.9 Å². The third-order valence-electron chi connectivity index (χ3n) is 8.04. The van der Waals surface area contributed by atoms with Crippen LogP contribution >= 0.6 is 0 Å². The molecule has 212 valence electrons. The molecule has 0 N–H and O–H groups in total. The van der Waals surface area contributed by atoms with Gasteiger partial charge in [0.1, 0.15) is 5.78 Å². The zero-order chi connectivity index (χ0) is 26.9. The van der Waals surface area contributed by atoms with Crippen LogP contribution in [0.5, 0.6) is 0 Å². The number of ketones is 1. The topological polar surface area (TPSA) is 60.4 Å². The van der Waals surface area contributed by atoms with Crippen LogP contribution in [0, 0.1) is 11.3 Å². The molecular weight excluding hydrogens is 468 g/mol. The van der Waals surface area contributed by atoms with Crippen LogP contribution in [0.25, 0.3) is 0 Å². The van der Waals surface area contributed by atoms with E-state index in [0.29, 0.717) is 0 Å². The molecular formula is C31H58O4S. The number of carbonyl (C=O) groups excluding carboxylic acids is 1. The van der Waals surface area contributed by atoms with Gasteiger partial charge in [-0.25, -0.2) is 0 Å². The summed E-state index contributed by atoms with van der Waals surface area (Å²) in [5.74, 6) is -0.167. The van der Waals surface area contributed by atoms with Crippen molar-refractivity contribution in [2.45, 2.75) is 162 Å². The van der Waals surface area contributed by atoms with Crippen molar-refractivity contribution in [3.05, 3.63) is 11.6 Å². The second kappa shape index (κ2) is 18.6. The van der Waals surface area contributed by atoms with E-state index in [1.165, 1.54) is 83.5 Å². The Morgan fingerprint density at radius 1 is 0.889 bits per heavy atom. The molecule has 0 heterocycles. The SMILES string of the molecule is CCCCCCCCCCCCCCCCCCOS(=O)(=O)C(C)CC(=O)C1C(C)=CCCC1(C)C. The van der Waals surface area contributed by atoms with Gasteiger partial charge in [-0.2, -0.15) is 8.42 Å². The first-order chi connectivity index (χ1) is 17.1. The highest BCUT2D eigenvalue weighted by Gasteiger charge is 2.39. The highest BCUT2D eigenvalue weighted by Crippen LogP contribution is 2.42. The van der Waals surface area contributed by atoms with Crippen molar-refractivity contribution in [3.8, 4) is 0 Å². The number of allylic oxidation sites excluding steroid dienone is 2. The van der Waals surface area contributed by atoms with E-state index < -0.39 is 15.4 Å². The lowest BCUT2D eigenvalue weighted by Crippen LogP contribution is -2.36. The van der Waals surface area contributed by atoms with Crippen molar-refractivity contribution in [1.29, 1.82) is 0 Å². The third-order valence-corrected chi connectivity index (χ3v) is 9.69. The average molecular weight is 527 g/mol. The summed E-state index contributed by atoms with van der Waals surface area (Å²) >= 11 is 0. The van der Waals surface area contributed by atoms with Gasteiger partial charge in [-0.1, -0.05) is 129 Å². The summed E-state index contributed by atoms with van der Waals surface area (Å²) in [5, 5.41) is -0.795. The first kappa shape index (κ1) is 33.3. The Morgan fingerprint density at radius 3 is 1.78 bits per heavy atom. The third kappa shape index (κ3) is 13.7. The maximum absolute atomic E-state index is 13.0. The normalized spacial score (nSPS) is 18.7. The van der Waals surface area contributed by atoms with Crippen LogP contribution in [0.2, 0.25) is 0 Å². The van der Waals surface area contributed by atoms with Crippen LogP contribution in [0.1, 0.15) is 157 Å². The predicted octanol–water partition coefficient (Wildman–Crippen LogP) is 9.32. The number of carbonyl (C=O) groups is 1. The molecule has 0 radical (unpaired) electrons. The van der Waals surface area contributed by atoms with Gasteiger partial charge in [-0.15, -0.1) is 0 Å². The maximum Gasteiger partial charge on any atom is 0.270 e. The molecule has 0 bridgehead atoms. The summed E-state index contributed by atoms with van der Waals surface area (Å²) in [7, 11) is -3.71. The van der Waals surface area contributed by atoms with E-state index >= 15 is 0 Å². The first-order valence-electron chi connectivity index (χ1n) is 15.2. The van der Waals surface area contributed by atoms with Gasteiger partial charge >= 0.3 is 0 Å². The molecule has 5 heteroatoms. The van der Waals surface area contributed by atoms with Gasteiger partial charge in [-0.05, 0) is 38.5 Å². The van der Waals surface area contributed by atoms with Gasteiger partial charge in [0, 0.05) is 12.3 Å². The second-order valence-electron chi connectivity index (χ2n) is 12.0. The van der Waals surface area contributed by atoms with Gasteiger partial charge in [0.2, 0.25) is 0 Å². The fraction of sp³-hybridized carbons (Fsp3) is 0.903. The van der Waals surface area contributed by atoms with Crippen LogP contribution in [-0.4, -0.2) is 26.1 Å². The van der Waals surface area contributed by atoms with E-state index in [9.17, 15) is 13.2 Å². The summed E-state index contributed by atoms with van der Waals surface area (Å²) < 4.78 is 30.4. The molecule has 1 aliphatic rings. The maximum atomic E-state index is 13.0. The molecule has 0 saturated carbocycles.